The molecule has 1 saturated heterocycles. The summed E-state index contributed by atoms with van der Waals surface area (Å²) in [5.41, 5.74) is -0.117. The van der Waals surface area contributed by atoms with Crippen LogP contribution in [0.5, 0.6) is 0 Å². The van der Waals surface area contributed by atoms with E-state index in [0.29, 0.717) is 11.8 Å². The van der Waals surface area contributed by atoms with Crippen molar-refractivity contribution in [3.63, 3.8) is 0 Å². The Hall–Kier alpha value is -0.530. The molecule has 2 saturated carbocycles. The summed E-state index contributed by atoms with van der Waals surface area (Å²) in [6.45, 7) is 4.32. The lowest BCUT2D eigenvalue weighted by molar-refractivity contribution is -0.148. The second kappa shape index (κ2) is 1.70. The van der Waals surface area contributed by atoms with Crippen LogP contribution in [0.3, 0.4) is 0 Å². The molecule has 0 amide bonds. The average Bonchev–Trinajstić information content (AvgIpc) is 2.56. The zero-order valence-corrected chi connectivity index (χ0v) is 7.54. The van der Waals surface area contributed by atoms with Gasteiger partial charge < -0.3 is 4.74 Å². The highest BCUT2D eigenvalue weighted by atomic mass is 16.6. The van der Waals surface area contributed by atoms with E-state index in [1.54, 1.807) is 0 Å². The third-order valence-electron chi connectivity index (χ3n) is 4.66. The Bertz CT molecular complexity index is 261. The van der Waals surface area contributed by atoms with Gasteiger partial charge in [-0.15, -0.1) is 0 Å². The smallest absolute Gasteiger partial charge is 0.312 e. The van der Waals surface area contributed by atoms with E-state index in [-0.39, 0.29) is 17.5 Å². The molecule has 1 aliphatic heterocycles. The summed E-state index contributed by atoms with van der Waals surface area (Å²) in [5.74, 6) is 1.93. The molecule has 3 aliphatic rings. The van der Waals surface area contributed by atoms with Crippen molar-refractivity contribution in [2.75, 3.05) is 0 Å². The lowest BCUT2D eigenvalue weighted by Crippen LogP contribution is -2.35. The Kier molecular flexibility index (Phi) is 0.984. The summed E-state index contributed by atoms with van der Waals surface area (Å²) in [4.78, 5) is 11.6. The van der Waals surface area contributed by atoms with Crippen molar-refractivity contribution in [3.05, 3.63) is 0 Å². The minimum atomic E-state index is -0.117. The quantitative estimate of drug-likeness (QED) is 0.511. The minimum Gasteiger partial charge on any atom is -0.462 e. The molecule has 12 heavy (non-hydrogen) atoms. The molecule has 0 aromatic rings. The van der Waals surface area contributed by atoms with E-state index in [0.717, 1.165) is 12.3 Å². The van der Waals surface area contributed by atoms with E-state index in [1.807, 2.05) is 0 Å². The van der Waals surface area contributed by atoms with Gasteiger partial charge >= 0.3 is 5.97 Å². The Morgan fingerprint density at radius 2 is 2.25 bits per heavy atom. The van der Waals surface area contributed by atoms with Gasteiger partial charge in [-0.25, -0.2) is 0 Å². The highest BCUT2D eigenvalue weighted by Gasteiger charge is 2.67. The first kappa shape index (κ1) is 6.93. The van der Waals surface area contributed by atoms with Gasteiger partial charge in [-0.1, -0.05) is 6.92 Å². The summed E-state index contributed by atoms with van der Waals surface area (Å²) >= 11 is 0. The van der Waals surface area contributed by atoms with Gasteiger partial charge in [0.15, 0.2) is 0 Å². The average molecular weight is 166 g/mol. The molecule has 0 radical (unpaired) electrons. The standard InChI is InChI=1S/C10H14O2/c1-5-6-3-7-8(4-6)12-9(11)10(5,7)2/h5-8H,3-4H2,1-2H3/t5?,6-,7?,8?,10?/m1/s1. The maximum absolute atomic E-state index is 11.6. The van der Waals surface area contributed by atoms with Gasteiger partial charge in [0.25, 0.3) is 0 Å². The first-order valence-corrected chi connectivity index (χ1v) is 4.85. The summed E-state index contributed by atoms with van der Waals surface area (Å²) in [6.07, 6.45) is 2.64. The van der Waals surface area contributed by atoms with Crippen LogP contribution in [0.15, 0.2) is 0 Å². The number of esters is 1. The van der Waals surface area contributed by atoms with E-state index >= 15 is 0 Å². The highest BCUT2D eigenvalue weighted by molar-refractivity contribution is 5.81. The van der Waals surface area contributed by atoms with E-state index in [4.69, 9.17) is 4.74 Å². The number of fused-ring (bicyclic) bond motifs is 1. The largest absolute Gasteiger partial charge is 0.462 e. The van der Waals surface area contributed by atoms with E-state index in [2.05, 4.69) is 13.8 Å². The van der Waals surface area contributed by atoms with Crippen LogP contribution in [-0.2, 0) is 9.53 Å². The molecule has 0 aromatic heterocycles. The number of carbonyl (C=O) groups is 1. The topological polar surface area (TPSA) is 26.3 Å². The highest BCUT2D eigenvalue weighted by Crippen LogP contribution is 2.64. The Labute approximate surface area is 72.3 Å². The number of hydrogen-bond donors (Lipinski definition) is 0. The van der Waals surface area contributed by atoms with Crippen molar-refractivity contribution in [2.45, 2.75) is 32.8 Å². The second-order valence-electron chi connectivity index (χ2n) is 4.85. The molecule has 2 bridgehead atoms. The van der Waals surface area contributed by atoms with Crippen molar-refractivity contribution in [2.24, 2.45) is 23.2 Å². The maximum atomic E-state index is 11.6. The molecule has 0 N–H and O–H groups in total. The molecule has 2 heteroatoms. The summed E-state index contributed by atoms with van der Waals surface area (Å²) in [6, 6.07) is 0. The van der Waals surface area contributed by atoms with Gasteiger partial charge in [0, 0.05) is 5.92 Å². The number of hydrogen-bond acceptors (Lipinski definition) is 2. The molecule has 5 atom stereocenters. The Morgan fingerprint density at radius 1 is 1.50 bits per heavy atom. The first-order chi connectivity index (χ1) is 5.64. The molecule has 2 nitrogen and oxygen atoms in total. The monoisotopic (exact) mass is 166 g/mol. The van der Waals surface area contributed by atoms with E-state index in [9.17, 15) is 4.79 Å². The molecule has 4 unspecified atom stereocenters. The molecule has 0 spiro atoms. The zero-order chi connectivity index (χ0) is 8.51. The van der Waals surface area contributed by atoms with Gasteiger partial charge in [0.05, 0.1) is 5.41 Å². The number of carbonyl (C=O) groups excluding carboxylic acids is 1. The van der Waals surface area contributed by atoms with Crippen LogP contribution in [0.25, 0.3) is 0 Å². The lowest BCUT2D eigenvalue weighted by atomic mass is 9.69. The van der Waals surface area contributed by atoms with Crippen molar-refractivity contribution in [1.29, 1.82) is 0 Å². The van der Waals surface area contributed by atoms with Crippen LogP contribution < -0.4 is 0 Å². The number of ether oxygens (including phenoxy) is 1. The SMILES string of the molecule is CC1[C@H]2CC3OC(=O)C1(C)C3C2. The molecule has 3 rings (SSSR count). The molecule has 2 aliphatic carbocycles. The normalized spacial score (nSPS) is 61.0. The first-order valence-electron chi connectivity index (χ1n) is 4.85. The molecule has 66 valence electrons. The third-order valence-corrected chi connectivity index (χ3v) is 4.66. The van der Waals surface area contributed by atoms with Gasteiger partial charge in [0.2, 0.25) is 0 Å². The molecule has 0 aromatic carbocycles. The second-order valence-corrected chi connectivity index (χ2v) is 4.85. The molecule has 3 fully saturated rings. The fourth-order valence-electron chi connectivity index (χ4n) is 3.64. The van der Waals surface area contributed by atoms with Crippen LogP contribution in [-0.4, -0.2) is 12.1 Å². The Morgan fingerprint density at radius 3 is 2.83 bits per heavy atom. The van der Waals surface area contributed by atoms with Crippen molar-refractivity contribution in [3.8, 4) is 0 Å². The summed E-state index contributed by atoms with van der Waals surface area (Å²) in [7, 11) is 0. The van der Waals surface area contributed by atoms with Crippen LogP contribution >= 0.6 is 0 Å². The Balaban J connectivity index is 2.14. The van der Waals surface area contributed by atoms with E-state index in [1.165, 1.54) is 6.42 Å². The maximum Gasteiger partial charge on any atom is 0.312 e. The lowest BCUT2D eigenvalue weighted by Gasteiger charge is -2.29. The van der Waals surface area contributed by atoms with Gasteiger partial charge in [-0.2, -0.15) is 0 Å². The summed E-state index contributed by atoms with van der Waals surface area (Å²) < 4.78 is 5.37. The van der Waals surface area contributed by atoms with Crippen molar-refractivity contribution < 1.29 is 9.53 Å². The fraction of sp³-hybridized carbons (Fsp3) is 0.900. The van der Waals surface area contributed by atoms with Crippen LogP contribution in [0, 0.1) is 23.2 Å². The number of rotatable bonds is 0. The van der Waals surface area contributed by atoms with Gasteiger partial charge in [0.1, 0.15) is 6.10 Å². The van der Waals surface area contributed by atoms with Gasteiger partial charge in [-0.05, 0) is 31.6 Å². The summed E-state index contributed by atoms with van der Waals surface area (Å²) in [5, 5.41) is 0. The van der Waals surface area contributed by atoms with Crippen molar-refractivity contribution >= 4 is 5.97 Å². The van der Waals surface area contributed by atoms with E-state index < -0.39 is 0 Å². The zero-order valence-electron chi connectivity index (χ0n) is 7.54. The van der Waals surface area contributed by atoms with Crippen LogP contribution in [0.4, 0.5) is 0 Å². The van der Waals surface area contributed by atoms with Crippen molar-refractivity contribution in [1.82, 2.24) is 0 Å². The van der Waals surface area contributed by atoms with Gasteiger partial charge in [-0.3, -0.25) is 4.79 Å². The van der Waals surface area contributed by atoms with Crippen LogP contribution in [0.1, 0.15) is 26.7 Å². The third kappa shape index (κ3) is 0.484. The predicted octanol–water partition coefficient (Wildman–Crippen LogP) is 1.59. The molecular formula is C10H14O2. The predicted molar refractivity (Wildman–Crippen MR) is 43.4 cm³/mol. The molecule has 1 heterocycles. The fourth-order valence-corrected chi connectivity index (χ4v) is 3.64. The van der Waals surface area contributed by atoms with Crippen LogP contribution in [0.2, 0.25) is 0 Å². The minimum absolute atomic E-state index is 0.0741. The molecular weight excluding hydrogens is 152 g/mol.